The first-order chi connectivity index (χ1) is 5.29. The molecule has 0 aliphatic carbocycles. The number of aliphatic hydroxyl groups excluding tert-OH is 1. The van der Waals surface area contributed by atoms with Crippen molar-refractivity contribution in [3.8, 4) is 0 Å². The van der Waals surface area contributed by atoms with Gasteiger partial charge in [0, 0.05) is 6.42 Å². The number of ether oxygens (including phenoxy) is 1. The highest BCUT2D eigenvalue weighted by atomic mass is 16.5. The van der Waals surface area contributed by atoms with Gasteiger partial charge < -0.3 is 9.84 Å². The van der Waals surface area contributed by atoms with Crippen LogP contribution in [0, 0.1) is 0 Å². The second kappa shape index (κ2) is 4.39. The van der Waals surface area contributed by atoms with Gasteiger partial charge in [-0.2, -0.15) is 0 Å². The molecule has 1 saturated heterocycles. The van der Waals surface area contributed by atoms with Crippen LogP contribution in [0.15, 0.2) is 11.8 Å². The lowest BCUT2D eigenvalue weighted by molar-refractivity contribution is 0.185. The Morgan fingerprint density at radius 3 is 3.09 bits per heavy atom. The molecule has 0 amide bonds. The Bertz CT molecular complexity index is 130. The molecule has 0 radical (unpaired) electrons. The zero-order valence-electron chi connectivity index (χ0n) is 7.05. The number of aliphatic hydroxyl groups is 1. The van der Waals surface area contributed by atoms with E-state index in [0.717, 1.165) is 38.0 Å². The zero-order chi connectivity index (χ0) is 8.10. The molecule has 0 aromatic rings. The largest absolute Gasteiger partial charge is 0.498 e. The first-order valence-electron chi connectivity index (χ1n) is 4.29. The van der Waals surface area contributed by atoms with E-state index in [1.54, 1.807) is 0 Å². The van der Waals surface area contributed by atoms with Gasteiger partial charge in [-0.25, -0.2) is 0 Å². The summed E-state index contributed by atoms with van der Waals surface area (Å²) < 4.78 is 5.31. The predicted octanol–water partition coefficient (Wildman–Crippen LogP) is 1.84. The minimum atomic E-state index is -0.187. The van der Waals surface area contributed by atoms with E-state index < -0.39 is 0 Å². The standard InChI is InChI=1S/C9H16O2/c1-8(10)4-2-5-9-6-3-7-11-9/h5,8,10H,2-4,6-7H2,1H3/b9-5-. The molecule has 1 fully saturated rings. The van der Waals surface area contributed by atoms with E-state index in [9.17, 15) is 0 Å². The molecule has 1 rings (SSSR count). The van der Waals surface area contributed by atoms with Crippen molar-refractivity contribution in [1.29, 1.82) is 0 Å². The fourth-order valence-electron chi connectivity index (χ4n) is 1.17. The molecule has 0 aromatic heterocycles. The SMILES string of the molecule is CC(O)CC/C=C1/CCCO1. The van der Waals surface area contributed by atoms with Crippen LogP contribution in [0.1, 0.15) is 32.6 Å². The molecule has 1 unspecified atom stereocenters. The van der Waals surface area contributed by atoms with Crippen molar-refractivity contribution in [3.05, 3.63) is 11.8 Å². The average Bonchev–Trinajstić information content (AvgIpc) is 2.39. The van der Waals surface area contributed by atoms with Gasteiger partial charge >= 0.3 is 0 Å². The van der Waals surface area contributed by atoms with Gasteiger partial charge in [0.15, 0.2) is 0 Å². The Labute approximate surface area is 67.9 Å². The van der Waals surface area contributed by atoms with Gasteiger partial charge in [0.2, 0.25) is 0 Å². The fourth-order valence-corrected chi connectivity index (χ4v) is 1.17. The van der Waals surface area contributed by atoms with E-state index in [-0.39, 0.29) is 6.10 Å². The molecule has 0 aromatic carbocycles. The third-order valence-corrected chi connectivity index (χ3v) is 1.81. The van der Waals surface area contributed by atoms with Crippen molar-refractivity contribution in [2.45, 2.75) is 38.7 Å². The number of rotatable bonds is 3. The maximum Gasteiger partial charge on any atom is 0.0921 e. The Hall–Kier alpha value is -0.500. The van der Waals surface area contributed by atoms with Crippen LogP contribution >= 0.6 is 0 Å². The van der Waals surface area contributed by atoms with Crippen molar-refractivity contribution in [2.24, 2.45) is 0 Å². The van der Waals surface area contributed by atoms with E-state index in [2.05, 4.69) is 6.08 Å². The predicted molar refractivity (Wildman–Crippen MR) is 44.2 cm³/mol. The van der Waals surface area contributed by atoms with Crippen LogP contribution in [0.25, 0.3) is 0 Å². The third-order valence-electron chi connectivity index (χ3n) is 1.81. The highest BCUT2D eigenvalue weighted by Crippen LogP contribution is 2.16. The lowest BCUT2D eigenvalue weighted by Gasteiger charge is -2.00. The first-order valence-corrected chi connectivity index (χ1v) is 4.29. The second-order valence-corrected chi connectivity index (χ2v) is 3.05. The molecule has 1 atom stereocenters. The summed E-state index contributed by atoms with van der Waals surface area (Å²) in [5.74, 6) is 1.12. The van der Waals surface area contributed by atoms with Gasteiger partial charge in [-0.05, 0) is 32.3 Å². The van der Waals surface area contributed by atoms with Crippen molar-refractivity contribution < 1.29 is 9.84 Å². The maximum atomic E-state index is 8.96. The molecule has 2 nitrogen and oxygen atoms in total. The lowest BCUT2D eigenvalue weighted by atomic mass is 10.2. The molecule has 64 valence electrons. The summed E-state index contributed by atoms with van der Waals surface area (Å²) in [6.45, 7) is 2.69. The third kappa shape index (κ3) is 3.42. The monoisotopic (exact) mass is 156 g/mol. The Kier molecular flexibility index (Phi) is 3.43. The average molecular weight is 156 g/mol. The van der Waals surface area contributed by atoms with Crippen molar-refractivity contribution in [2.75, 3.05) is 6.61 Å². The maximum absolute atomic E-state index is 8.96. The molecule has 2 heteroatoms. The molecule has 0 saturated carbocycles. The van der Waals surface area contributed by atoms with Crippen molar-refractivity contribution in [1.82, 2.24) is 0 Å². The Balaban J connectivity index is 2.13. The van der Waals surface area contributed by atoms with E-state index >= 15 is 0 Å². The Morgan fingerprint density at radius 2 is 2.55 bits per heavy atom. The second-order valence-electron chi connectivity index (χ2n) is 3.05. The fraction of sp³-hybridized carbons (Fsp3) is 0.778. The summed E-state index contributed by atoms with van der Waals surface area (Å²) in [5.41, 5.74) is 0. The van der Waals surface area contributed by atoms with Crippen LogP contribution in [0.4, 0.5) is 0 Å². The molecule has 1 N–H and O–H groups in total. The van der Waals surface area contributed by atoms with E-state index in [0.29, 0.717) is 0 Å². The molecule has 1 aliphatic heterocycles. The van der Waals surface area contributed by atoms with Crippen LogP contribution in [0.5, 0.6) is 0 Å². The summed E-state index contributed by atoms with van der Waals surface area (Å²) in [4.78, 5) is 0. The van der Waals surface area contributed by atoms with E-state index in [1.807, 2.05) is 6.92 Å². The molecule has 0 spiro atoms. The van der Waals surface area contributed by atoms with Gasteiger partial charge in [-0.1, -0.05) is 0 Å². The van der Waals surface area contributed by atoms with Crippen LogP contribution < -0.4 is 0 Å². The van der Waals surface area contributed by atoms with Crippen molar-refractivity contribution >= 4 is 0 Å². The minimum Gasteiger partial charge on any atom is -0.498 e. The highest BCUT2D eigenvalue weighted by molar-refractivity contribution is 4.96. The van der Waals surface area contributed by atoms with E-state index in [1.165, 1.54) is 0 Å². The van der Waals surface area contributed by atoms with Crippen LogP contribution in [-0.4, -0.2) is 17.8 Å². The van der Waals surface area contributed by atoms with E-state index in [4.69, 9.17) is 9.84 Å². The smallest absolute Gasteiger partial charge is 0.0921 e. The van der Waals surface area contributed by atoms with Gasteiger partial charge in [0.25, 0.3) is 0 Å². The van der Waals surface area contributed by atoms with Gasteiger partial charge in [-0.3, -0.25) is 0 Å². The van der Waals surface area contributed by atoms with Crippen LogP contribution in [-0.2, 0) is 4.74 Å². The first kappa shape index (κ1) is 8.60. The summed E-state index contributed by atoms with van der Waals surface area (Å²) in [7, 11) is 0. The van der Waals surface area contributed by atoms with Gasteiger partial charge in [0.05, 0.1) is 18.5 Å². The van der Waals surface area contributed by atoms with Gasteiger partial charge in [0.1, 0.15) is 0 Å². The summed E-state index contributed by atoms with van der Waals surface area (Å²) in [5, 5.41) is 8.96. The molecular formula is C9H16O2. The zero-order valence-corrected chi connectivity index (χ0v) is 7.05. The molecule has 1 aliphatic rings. The lowest BCUT2D eigenvalue weighted by Crippen LogP contribution is -1.97. The minimum absolute atomic E-state index is 0.187. The number of allylic oxidation sites excluding steroid dienone is 2. The molecule has 11 heavy (non-hydrogen) atoms. The van der Waals surface area contributed by atoms with Crippen molar-refractivity contribution in [3.63, 3.8) is 0 Å². The number of hydrogen-bond donors (Lipinski definition) is 1. The molecule has 1 heterocycles. The summed E-state index contributed by atoms with van der Waals surface area (Å²) in [6, 6.07) is 0. The topological polar surface area (TPSA) is 29.5 Å². The normalized spacial score (nSPS) is 23.6. The molecule has 0 bridgehead atoms. The summed E-state index contributed by atoms with van der Waals surface area (Å²) >= 11 is 0. The Morgan fingerprint density at radius 1 is 1.73 bits per heavy atom. The quantitative estimate of drug-likeness (QED) is 0.675. The highest BCUT2D eigenvalue weighted by Gasteiger charge is 2.06. The number of hydrogen-bond acceptors (Lipinski definition) is 2. The molecular weight excluding hydrogens is 140 g/mol. The van der Waals surface area contributed by atoms with Gasteiger partial charge in [-0.15, -0.1) is 0 Å². The van der Waals surface area contributed by atoms with Crippen LogP contribution in [0.2, 0.25) is 0 Å². The van der Waals surface area contributed by atoms with Crippen LogP contribution in [0.3, 0.4) is 0 Å². The summed E-state index contributed by atoms with van der Waals surface area (Å²) in [6.07, 6.45) is 5.92.